The molecule has 0 aliphatic heterocycles. The molecule has 5 nitrogen and oxygen atoms in total. The van der Waals surface area contributed by atoms with Gasteiger partial charge < -0.3 is 16.0 Å². The van der Waals surface area contributed by atoms with Gasteiger partial charge in [-0.2, -0.15) is 0 Å². The lowest BCUT2D eigenvalue weighted by molar-refractivity contribution is -0.122. The number of carbonyl (C=O) groups excluding carboxylic acids is 2. The third-order valence-corrected chi connectivity index (χ3v) is 3.17. The molecule has 0 aromatic heterocycles. The summed E-state index contributed by atoms with van der Waals surface area (Å²) in [5.74, 6) is -0.186. The average molecular weight is 328 g/mol. The standard InChI is InChI=1S/C16H25N3O2.ClH/c1-12-5-7-14(8-6-12)15(19-13(2)20)11-16(21)18-10-4-9-17-3;/h5-8,15,17H,4,9-11H2,1-3H3,(H,18,21)(H,19,20);1H. The van der Waals surface area contributed by atoms with Crippen molar-refractivity contribution >= 4 is 24.2 Å². The predicted octanol–water partition coefficient (Wildman–Crippen LogP) is 1.71. The number of aryl methyl sites for hydroxylation is 1. The molecule has 0 bridgehead atoms. The lowest BCUT2D eigenvalue weighted by Crippen LogP contribution is -2.33. The van der Waals surface area contributed by atoms with Gasteiger partial charge in [-0.1, -0.05) is 29.8 Å². The Balaban J connectivity index is 0.00000441. The molecule has 3 N–H and O–H groups in total. The van der Waals surface area contributed by atoms with Crippen LogP contribution in [0.1, 0.15) is 36.9 Å². The van der Waals surface area contributed by atoms with Crippen molar-refractivity contribution in [1.82, 2.24) is 16.0 Å². The molecule has 0 saturated heterocycles. The normalized spacial score (nSPS) is 11.2. The minimum Gasteiger partial charge on any atom is -0.356 e. The molecule has 1 aromatic rings. The van der Waals surface area contributed by atoms with Crippen molar-refractivity contribution in [2.45, 2.75) is 32.7 Å². The van der Waals surface area contributed by atoms with E-state index in [2.05, 4.69) is 16.0 Å². The van der Waals surface area contributed by atoms with Gasteiger partial charge in [0.1, 0.15) is 0 Å². The van der Waals surface area contributed by atoms with Crippen molar-refractivity contribution in [2.24, 2.45) is 0 Å². The highest BCUT2D eigenvalue weighted by atomic mass is 35.5. The molecule has 22 heavy (non-hydrogen) atoms. The summed E-state index contributed by atoms with van der Waals surface area (Å²) in [5.41, 5.74) is 2.10. The Morgan fingerprint density at radius 3 is 2.32 bits per heavy atom. The number of hydrogen-bond donors (Lipinski definition) is 3. The lowest BCUT2D eigenvalue weighted by Gasteiger charge is -2.18. The van der Waals surface area contributed by atoms with E-state index in [1.807, 2.05) is 38.2 Å². The van der Waals surface area contributed by atoms with Crippen LogP contribution in [0.25, 0.3) is 0 Å². The zero-order chi connectivity index (χ0) is 15.7. The van der Waals surface area contributed by atoms with E-state index in [1.165, 1.54) is 6.92 Å². The van der Waals surface area contributed by atoms with Crippen LogP contribution in [0.2, 0.25) is 0 Å². The van der Waals surface area contributed by atoms with E-state index in [0.29, 0.717) is 6.54 Å². The van der Waals surface area contributed by atoms with E-state index < -0.39 is 0 Å². The van der Waals surface area contributed by atoms with Gasteiger partial charge >= 0.3 is 0 Å². The maximum atomic E-state index is 12.0. The fourth-order valence-electron chi connectivity index (χ4n) is 2.05. The van der Waals surface area contributed by atoms with Crippen molar-refractivity contribution in [3.05, 3.63) is 35.4 Å². The Bertz CT molecular complexity index is 463. The molecule has 0 radical (unpaired) electrons. The Morgan fingerprint density at radius 2 is 1.77 bits per heavy atom. The van der Waals surface area contributed by atoms with Gasteiger partial charge in [-0.05, 0) is 32.5 Å². The van der Waals surface area contributed by atoms with Crippen LogP contribution in [0.5, 0.6) is 0 Å². The van der Waals surface area contributed by atoms with E-state index in [4.69, 9.17) is 0 Å². The van der Waals surface area contributed by atoms with Gasteiger partial charge in [0.15, 0.2) is 0 Å². The molecule has 0 fully saturated rings. The molecule has 1 unspecified atom stereocenters. The molecule has 2 amide bonds. The molecule has 124 valence electrons. The third kappa shape index (κ3) is 8.00. The van der Waals surface area contributed by atoms with E-state index in [1.54, 1.807) is 0 Å². The van der Waals surface area contributed by atoms with Gasteiger partial charge in [0.25, 0.3) is 0 Å². The summed E-state index contributed by atoms with van der Waals surface area (Å²) in [6, 6.07) is 7.57. The second-order valence-corrected chi connectivity index (χ2v) is 5.17. The van der Waals surface area contributed by atoms with Gasteiger partial charge in [0, 0.05) is 13.5 Å². The van der Waals surface area contributed by atoms with E-state index in [0.717, 1.165) is 24.1 Å². The molecule has 0 heterocycles. The van der Waals surface area contributed by atoms with Crippen LogP contribution >= 0.6 is 12.4 Å². The molecule has 0 saturated carbocycles. The number of amides is 2. The summed E-state index contributed by atoms with van der Waals surface area (Å²) in [4.78, 5) is 23.3. The van der Waals surface area contributed by atoms with Crippen LogP contribution in [-0.2, 0) is 9.59 Å². The van der Waals surface area contributed by atoms with Crippen LogP contribution < -0.4 is 16.0 Å². The molecular weight excluding hydrogens is 302 g/mol. The largest absolute Gasteiger partial charge is 0.356 e. The van der Waals surface area contributed by atoms with Crippen molar-refractivity contribution in [3.63, 3.8) is 0 Å². The number of nitrogens with one attached hydrogen (secondary N) is 3. The number of hydrogen-bond acceptors (Lipinski definition) is 3. The smallest absolute Gasteiger partial charge is 0.222 e. The molecule has 1 rings (SSSR count). The van der Waals surface area contributed by atoms with Gasteiger partial charge in [-0.25, -0.2) is 0 Å². The zero-order valence-electron chi connectivity index (χ0n) is 13.4. The fraction of sp³-hybridized carbons (Fsp3) is 0.500. The maximum absolute atomic E-state index is 12.0. The molecule has 6 heteroatoms. The van der Waals surface area contributed by atoms with E-state index in [9.17, 15) is 9.59 Å². The zero-order valence-corrected chi connectivity index (χ0v) is 14.3. The monoisotopic (exact) mass is 327 g/mol. The molecule has 1 atom stereocenters. The van der Waals surface area contributed by atoms with Crippen LogP contribution in [0.15, 0.2) is 24.3 Å². The Labute approximate surface area is 138 Å². The Hall–Kier alpha value is -1.59. The highest BCUT2D eigenvalue weighted by molar-refractivity contribution is 5.85. The van der Waals surface area contributed by atoms with Crippen molar-refractivity contribution in [1.29, 1.82) is 0 Å². The average Bonchev–Trinajstić information content (AvgIpc) is 2.43. The SMILES string of the molecule is CNCCCNC(=O)CC(NC(C)=O)c1ccc(C)cc1.Cl. The minimum atomic E-state index is -0.285. The summed E-state index contributed by atoms with van der Waals surface area (Å²) in [5, 5.41) is 8.74. The summed E-state index contributed by atoms with van der Waals surface area (Å²) < 4.78 is 0. The van der Waals surface area contributed by atoms with Gasteiger partial charge in [-0.3, -0.25) is 9.59 Å². The van der Waals surface area contributed by atoms with Gasteiger partial charge in [0.05, 0.1) is 12.5 Å². The van der Waals surface area contributed by atoms with Gasteiger partial charge in [-0.15, -0.1) is 12.4 Å². The first-order valence-corrected chi connectivity index (χ1v) is 7.28. The van der Waals surface area contributed by atoms with E-state index in [-0.39, 0.29) is 36.7 Å². The highest BCUT2D eigenvalue weighted by Crippen LogP contribution is 2.17. The van der Waals surface area contributed by atoms with Crippen LogP contribution in [0, 0.1) is 6.92 Å². The highest BCUT2D eigenvalue weighted by Gasteiger charge is 2.16. The Morgan fingerprint density at radius 1 is 1.14 bits per heavy atom. The van der Waals surface area contributed by atoms with Gasteiger partial charge in [0.2, 0.25) is 11.8 Å². The fourth-order valence-corrected chi connectivity index (χ4v) is 2.05. The molecule has 0 aliphatic rings. The predicted molar refractivity (Wildman–Crippen MR) is 91.2 cm³/mol. The molecule has 0 spiro atoms. The third-order valence-electron chi connectivity index (χ3n) is 3.17. The first-order valence-electron chi connectivity index (χ1n) is 7.28. The second kappa shape index (κ2) is 11.0. The van der Waals surface area contributed by atoms with Crippen LogP contribution in [0.4, 0.5) is 0 Å². The van der Waals surface area contributed by atoms with Crippen molar-refractivity contribution < 1.29 is 9.59 Å². The lowest BCUT2D eigenvalue weighted by atomic mass is 10.0. The quantitative estimate of drug-likeness (QED) is 0.637. The van der Waals surface area contributed by atoms with Crippen LogP contribution in [0.3, 0.4) is 0 Å². The van der Waals surface area contributed by atoms with Crippen molar-refractivity contribution in [2.75, 3.05) is 20.1 Å². The topological polar surface area (TPSA) is 70.2 Å². The number of carbonyl (C=O) groups is 2. The molecule has 0 aliphatic carbocycles. The van der Waals surface area contributed by atoms with Crippen LogP contribution in [-0.4, -0.2) is 32.0 Å². The summed E-state index contributed by atoms with van der Waals surface area (Å²) >= 11 is 0. The summed E-state index contributed by atoms with van der Waals surface area (Å²) in [6.45, 7) is 4.98. The first kappa shape index (κ1) is 20.4. The minimum absolute atomic E-state index is 0. The molecular formula is C16H26ClN3O2. The first-order chi connectivity index (χ1) is 10.0. The summed E-state index contributed by atoms with van der Waals surface area (Å²) in [6.07, 6.45) is 1.14. The Kier molecular flexibility index (Phi) is 10.2. The molecule has 1 aromatic carbocycles. The summed E-state index contributed by atoms with van der Waals surface area (Å²) in [7, 11) is 1.88. The number of rotatable bonds is 8. The maximum Gasteiger partial charge on any atom is 0.222 e. The number of benzene rings is 1. The van der Waals surface area contributed by atoms with Crippen molar-refractivity contribution in [3.8, 4) is 0 Å². The number of halogens is 1. The van der Waals surface area contributed by atoms with E-state index >= 15 is 0 Å². The second-order valence-electron chi connectivity index (χ2n) is 5.17.